The lowest BCUT2D eigenvalue weighted by molar-refractivity contribution is -0.131. The van der Waals surface area contributed by atoms with Crippen molar-refractivity contribution in [2.45, 2.75) is 31.7 Å². The lowest BCUT2D eigenvalue weighted by Crippen LogP contribution is -2.55. The SMILES string of the molecule is CCCOc1ccccc1-c1cc(C(=O)N2CCC3(CC2)NC(=O)N(C)C3=O)[nH]n1. The normalized spacial score (nSPS) is 18.1. The van der Waals surface area contributed by atoms with Gasteiger partial charge in [-0.25, -0.2) is 4.79 Å². The van der Waals surface area contributed by atoms with Gasteiger partial charge < -0.3 is 15.0 Å². The Morgan fingerprint density at radius 3 is 2.63 bits per heavy atom. The van der Waals surface area contributed by atoms with E-state index in [9.17, 15) is 14.4 Å². The number of H-pyrrole nitrogens is 1. The van der Waals surface area contributed by atoms with Crippen molar-refractivity contribution >= 4 is 17.8 Å². The van der Waals surface area contributed by atoms with Gasteiger partial charge in [0, 0.05) is 25.7 Å². The van der Waals surface area contributed by atoms with E-state index in [1.165, 1.54) is 7.05 Å². The molecule has 0 aliphatic carbocycles. The standard InChI is InChI=1S/C21H25N5O4/c1-3-12-30-17-7-5-4-6-14(17)15-13-16(24-23-15)18(27)26-10-8-21(9-11-26)19(28)25(2)20(29)22-21/h4-7,13H,3,8-12H2,1-2H3,(H,22,29)(H,23,24). The van der Waals surface area contributed by atoms with Crippen molar-refractivity contribution in [3.63, 3.8) is 0 Å². The fraction of sp³-hybridized carbons (Fsp3) is 0.429. The van der Waals surface area contributed by atoms with E-state index in [4.69, 9.17) is 4.74 Å². The topological polar surface area (TPSA) is 108 Å². The van der Waals surface area contributed by atoms with Crippen LogP contribution < -0.4 is 10.1 Å². The summed E-state index contributed by atoms with van der Waals surface area (Å²) in [4.78, 5) is 40.0. The molecule has 0 saturated carbocycles. The highest BCUT2D eigenvalue weighted by atomic mass is 16.5. The van der Waals surface area contributed by atoms with Crippen LogP contribution >= 0.6 is 0 Å². The maximum atomic E-state index is 13.0. The molecule has 0 bridgehead atoms. The molecule has 1 aromatic heterocycles. The first-order valence-electron chi connectivity index (χ1n) is 10.1. The molecule has 0 atom stereocenters. The second-order valence-corrected chi connectivity index (χ2v) is 7.68. The molecular formula is C21H25N5O4. The number of para-hydroxylation sites is 1. The van der Waals surface area contributed by atoms with Gasteiger partial charge in [0.25, 0.3) is 11.8 Å². The summed E-state index contributed by atoms with van der Waals surface area (Å²) >= 11 is 0. The van der Waals surface area contributed by atoms with E-state index in [-0.39, 0.29) is 17.8 Å². The molecule has 0 unspecified atom stereocenters. The van der Waals surface area contributed by atoms with Crippen molar-refractivity contribution in [3.8, 4) is 17.0 Å². The number of amides is 4. The third-order valence-electron chi connectivity index (χ3n) is 5.70. The van der Waals surface area contributed by atoms with Crippen LogP contribution in [0.25, 0.3) is 11.3 Å². The highest BCUT2D eigenvalue weighted by Gasteiger charge is 2.51. The maximum absolute atomic E-state index is 13.0. The molecule has 30 heavy (non-hydrogen) atoms. The summed E-state index contributed by atoms with van der Waals surface area (Å²) in [5.41, 5.74) is 0.946. The Kier molecular flexibility index (Phi) is 5.19. The zero-order valence-corrected chi connectivity index (χ0v) is 17.1. The molecule has 2 N–H and O–H groups in total. The minimum absolute atomic E-state index is 0.180. The van der Waals surface area contributed by atoms with E-state index in [1.807, 2.05) is 31.2 Å². The monoisotopic (exact) mass is 411 g/mol. The summed E-state index contributed by atoms with van der Waals surface area (Å²) in [6, 6.07) is 8.93. The van der Waals surface area contributed by atoms with E-state index in [2.05, 4.69) is 15.5 Å². The number of rotatable bonds is 5. The number of nitrogens with zero attached hydrogens (tertiary/aromatic N) is 3. The fourth-order valence-electron chi connectivity index (χ4n) is 3.94. The second-order valence-electron chi connectivity index (χ2n) is 7.68. The molecule has 1 aromatic carbocycles. The number of imide groups is 1. The molecule has 4 amide bonds. The van der Waals surface area contributed by atoms with Crippen LogP contribution in [0.5, 0.6) is 5.75 Å². The average Bonchev–Trinajstić information content (AvgIpc) is 3.33. The second kappa shape index (κ2) is 7.81. The van der Waals surface area contributed by atoms with Crippen LogP contribution in [0.4, 0.5) is 4.79 Å². The van der Waals surface area contributed by atoms with Gasteiger partial charge in [0.1, 0.15) is 17.0 Å². The van der Waals surface area contributed by atoms with Gasteiger partial charge in [-0.1, -0.05) is 19.1 Å². The number of likely N-dealkylation sites (tertiary alicyclic amines) is 1. The number of carbonyl (C=O) groups excluding carboxylic acids is 3. The number of hydrogen-bond donors (Lipinski definition) is 2. The highest BCUT2D eigenvalue weighted by molar-refractivity contribution is 6.07. The van der Waals surface area contributed by atoms with Gasteiger partial charge in [-0.2, -0.15) is 5.10 Å². The summed E-state index contributed by atoms with van der Waals surface area (Å²) in [6.45, 7) is 3.40. The van der Waals surface area contributed by atoms with Gasteiger partial charge in [-0.15, -0.1) is 0 Å². The van der Waals surface area contributed by atoms with Gasteiger partial charge in [-0.3, -0.25) is 19.6 Å². The minimum Gasteiger partial charge on any atom is -0.493 e. The van der Waals surface area contributed by atoms with Crippen LogP contribution in [-0.4, -0.2) is 70.1 Å². The Labute approximate surface area is 174 Å². The van der Waals surface area contributed by atoms with E-state index in [0.717, 1.165) is 22.6 Å². The molecule has 4 rings (SSSR count). The molecule has 2 fully saturated rings. The first-order valence-corrected chi connectivity index (χ1v) is 10.1. The Hall–Kier alpha value is -3.36. The number of nitrogens with one attached hydrogen (secondary N) is 2. The molecular weight excluding hydrogens is 386 g/mol. The fourth-order valence-corrected chi connectivity index (χ4v) is 3.94. The summed E-state index contributed by atoms with van der Waals surface area (Å²) in [7, 11) is 1.47. The van der Waals surface area contributed by atoms with Crippen LogP contribution in [0.15, 0.2) is 30.3 Å². The quantitative estimate of drug-likeness (QED) is 0.732. The Bertz CT molecular complexity index is 977. The first-order chi connectivity index (χ1) is 14.4. The summed E-state index contributed by atoms with van der Waals surface area (Å²) in [6.07, 6.45) is 1.68. The number of likely N-dealkylation sites (N-methyl/N-ethyl adjacent to an activating group) is 1. The third kappa shape index (κ3) is 3.40. The Morgan fingerprint density at radius 1 is 1.23 bits per heavy atom. The summed E-state index contributed by atoms with van der Waals surface area (Å²) < 4.78 is 5.79. The van der Waals surface area contributed by atoms with E-state index in [1.54, 1.807) is 11.0 Å². The van der Waals surface area contributed by atoms with Crippen LogP contribution in [0.2, 0.25) is 0 Å². The molecule has 2 aliphatic rings. The predicted octanol–water partition coefficient (Wildman–Crippen LogP) is 2.02. The number of urea groups is 1. The lowest BCUT2D eigenvalue weighted by Gasteiger charge is -2.36. The molecule has 2 saturated heterocycles. The van der Waals surface area contributed by atoms with Crippen molar-refractivity contribution in [1.29, 1.82) is 0 Å². The first kappa shape index (κ1) is 19.9. The number of piperidine rings is 1. The molecule has 1 spiro atoms. The number of aromatic nitrogens is 2. The zero-order chi connectivity index (χ0) is 21.3. The minimum atomic E-state index is -0.892. The molecule has 9 heteroatoms. The lowest BCUT2D eigenvalue weighted by atomic mass is 9.87. The molecule has 2 aromatic rings. The molecule has 9 nitrogen and oxygen atoms in total. The van der Waals surface area contributed by atoms with Crippen LogP contribution in [0, 0.1) is 0 Å². The van der Waals surface area contributed by atoms with Gasteiger partial charge in [-0.05, 0) is 37.5 Å². The Balaban J connectivity index is 1.46. The predicted molar refractivity (Wildman–Crippen MR) is 109 cm³/mol. The van der Waals surface area contributed by atoms with Crippen LogP contribution in [-0.2, 0) is 4.79 Å². The van der Waals surface area contributed by atoms with Gasteiger partial charge in [0.05, 0.1) is 12.3 Å². The smallest absolute Gasteiger partial charge is 0.324 e. The van der Waals surface area contributed by atoms with E-state index < -0.39 is 5.54 Å². The molecule has 3 heterocycles. The number of ether oxygens (including phenoxy) is 1. The van der Waals surface area contributed by atoms with Gasteiger partial charge in [0.15, 0.2) is 0 Å². The largest absolute Gasteiger partial charge is 0.493 e. The Morgan fingerprint density at radius 2 is 1.97 bits per heavy atom. The number of carbonyl (C=O) groups is 3. The van der Waals surface area contributed by atoms with Crippen molar-refractivity contribution in [2.24, 2.45) is 0 Å². The van der Waals surface area contributed by atoms with Crippen molar-refractivity contribution in [3.05, 3.63) is 36.0 Å². The van der Waals surface area contributed by atoms with Crippen LogP contribution in [0.3, 0.4) is 0 Å². The molecule has 0 radical (unpaired) electrons. The van der Waals surface area contributed by atoms with Crippen LogP contribution in [0.1, 0.15) is 36.7 Å². The van der Waals surface area contributed by atoms with E-state index >= 15 is 0 Å². The number of aromatic amines is 1. The average molecular weight is 411 g/mol. The summed E-state index contributed by atoms with van der Waals surface area (Å²) in [5.74, 6) is 0.317. The van der Waals surface area contributed by atoms with E-state index in [0.29, 0.717) is 43.9 Å². The zero-order valence-electron chi connectivity index (χ0n) is 17.1. The number of benzene rings is 1. The highest BCUT2D eigenvalue weighted by Crippen LogP contribution is 2.31. The third-order valence-corrected chi connectivity index (χ3v) is 5.70. The van der Waals surface area contributed by atoms with Gasteiger partial charge in [0.2, 0.25) is 0 Å². The molecule has 158 valence electrons. The maximum Gasteiger partial charge on any atom is 0.324 e. The van der Waals surface area contributed by atoms with Gasteiger partial charge >= 0.3 is 6.03 Å². The summed E-state index contributed by atoms with van der Waals surface area (Å²) in [5, 5.41) is 9.91. The van der Waals surface area contributed by atoms with Crippen molar-refractivity contribution in [2.75, 3.05) is 26.7 Å². The van der Waals surface area contributed by atoms with Crippen molar-refractivity contribution in [1.82, 2.24) is 25.3 Å². The molecule has 2 aliphatic heterocycles. The number of hydrogen-bond acceptors (Lipinski definition) is 5. The van der Waals surface area contributed by atoms with Crippen molar-refractivity contribution < 1.29 is 19.1 Å².